The minimum absolute atomic E-state index is 0. The lowest BCUT2D eigenvalue weighted by Crippen LogP contribution is -2.43. The number of guanidine groups is 1. The van der Waals surface area contributed by atoms with E-state index in [1.165, 1.54) is 6.07 Å². The molecule has 1 heterocycles. The fourth-order valence-electron chi connectivity index (χ4n) is 2.11. The summed E-state index contributed by atoms with van der Waals surface area (Å²) in [6.07, 6.45) is 0. The Kier molecular flexibility index (Phi) is 7.59. The second kappa shape index (κ2) is 8.95. The molecule has 8 heteroatoms. The molecule has 1 aromatic carbocycles. The summed E-state index contributed by atoms with van der Waals surface area (Å²) >= 11 is 0. The molecule has 0 bridgehead atoms. The van der Waals surface area contributed by atoms with Crippen molar-refractivity contribution in [2.45, 2.75) is 32.7 Å². The lowest BCUT2D eigenvalue weighted by molar-refractivity contribution is 0.386. The van der Waals surface area contributed by atoms with Crippen molar-refractivity contribution in [3.8, 4) is 0 Å². The number of nitrogens with one attached hydrogen (secondary N) is 2. The molecule has 1 aromatic heterocycles. The average molecular weight is 447 g/mol. The number of benzene rings is 1. The third-order valence-electron chi connectivity index (χ3n) is 3.51. The molecule has 132 valence electrons. The zero-order valence-corrected chi connectivity index (χ0v) is 16.6. The molecule has 0 unspecified atom stereocenters. The molecule has 6 nitrogen and oxygen atoms in total. The quantitative estimate of drug-likeness (QED) is 0.419. The highest BCUT2D eigenvalue weighted by atomic mass is 127. The number of aliphatic imine (C=N–C) groups is 1. The van der Waals surface area contributed by atoms with Crippen LogP contribution in [0, 0.1) is 12.7 Å². The van der Waals surface area contributed by atoms with E-state index in [1.807, 2.05) is 19.9 Å². The SMILES string of the molecule is CN=C(NCc1noc(C)n1)NCC(C)(C)c1cccc(F)c1.I. The maximum absolute atomic E-state index is 13.4. The van der Waals surface area contributed by atoms with Crippen LogP contribution in [-0.4, -0.2) is 29.7 Å². The number of halogens is 2. The summed E-state index contributed by atoms with van der Waals surface area (Å²) < 4.78 is 18.3. The van der Waals surface area contributed by atoms with Gasteiger partial charge in [-0.1, -0.05) is 31.1 Å². The van der Waals surface area contributed by atoms with Crippen molar-refractivity contribution in [3.05, 3.63) is 47.4 Å². The molecule has 0 saturated heterocycles. The lowest BCUT2D eigenvalue weighted by Gasteiger charge is -2.26. The van der Waals surface area contributed by atoms with Crippen LogP contribution in [0.1, 0.15) is 31.1 Å². The van der Waals surface area contributed by atoms with Crippen molar-refractivity contribution in [2.24, 2.45) is 4.99 Å². The van der Waals surface area contributed by atoms with Gasteiger partial charge >= 0.3 is 0 Å². The number of rotatable bonds is 5. The Hall–Kier alpha value is -1.71. The molecule has 0 radical (unpaired) electrons. The molecule has 2 rings (SSSR count). The van der Waals surface area contributed by atoms with Gasteiger partial charge in [-0.15, -0.1) is 24.0 Å². The predicted octanol–water partition coefficient (Wildman–Crippen LogP) is 2.78. The van der Waals surface area contributed by atoms with Crippen LogP contribution < -0.4 is 10.6 Å². The van der Waals surface area contributed by atoms with Crippen molar-refractivity contribution in [2.75, 3.05) is 13.6 Å². The largest absolute Gasteiger partial charge is 0.356 e. The Bertz CT molecular complexity index is 687. The lowest BCUT2D eigenvalue weighted by atomic mass is 9.84. The summed E-state index contributed by atoms with van der Waals surface area (Å²) in [4.78, 5) is 8.28. The number of hydrogen-bond acceptors (Lipinski definition) is 4. The highest BCUT2D eigenvalue weighted by Crippen LogP contribution is 2.22. The van der Waals surface area contributed by atoms with E-state index in [9.17, 15) is 4.39 Å². The van der Waals surface area contributed by atoms with Gasteiger partial charge in [0.05, 0.1) is 6.54 Å². The van der Waals surface area contributed by atoms with Crippen molar-refractivity contribution >= 4 is 29.9 Å². The zero-order chi connectivity index (χ0) is 16.9. The number of aromatic nitrogens is 2. The molecule has 0 aliphatic rings. The fourth-order valence-corrected chi connectivity index (χ4v) is 2.11. The molecule has 0 spiro atoms. The monoisotopic (exact) mass is 447 g/mol. The van der Waals surface area contributed by atoms with Crippen LogP contribution in [-0.2, 0) is 12.0 Å². The normalized spacial score (nSPS) is 11.8. The van der Waals surface area contributed by atoms with Crippen molar-refractivity contribution in [3.63, 3.8) is 0 Å². The maximum Gasteiger partial charge on any atom is 0.223 e. The van der Waals surface area contributed by atoms with E-state index in [0.29, 0.717) is 30.8 Å². The highest BCUT2D eigenvalue weighted by Gasteiger charge is 2.21. The summed E-state index contributed by atoms with van der Waals surface area (Å²) in [5.74, 6) is 1.48. The van der Waals surface area contributed by atoms with Crippen molar-refractivity contribution < 1.29 is 8.91 Å². The van der Waals surface area contributed by atoms with Gasteiger partial charge in [0.1, 0.15) is 5.82 Å². The van der Waals surface area contributed by atoms with E-state index >= 15 is 0 Å². The minimum atomic E-state index is -0.248. The molecule has 24 heavy (non-hydrogen) atoms. The average Bonchev–Trinajstić information content (AvgIpc) is 2.93. The highest BCUT2D eigenvalue weighted by molar-refractivity contribution is 14.0. The standard InChI is InChI=1S/C16H22FN5O.HI/c1-11-21-14(22-23-11)9-19-15(18-4)20-10-16(2,3)12-6-5-7-13(17)8-12;/h5-8H,9-10H2,1-4H3,(H2,18,19,20);1H. The van der Waals surface area contributed by atoms with Crippen LogP contribution in [0.2, 0.25) is 0 Å². The molecule has 0 atom stereocenters. The topological polar surface area (TPSA) is 75.3 Å². The van der Waals surface area contributed by atoms with Gasteiger partial charge in [0, 0.05) is 25.9 Å². The van der Waals surface area contributed by atoms with Crippen LogP contribution in [0.15, 0.2) is 33.8 Å². The van der Waals surface area contributed by atoms with Gasteiger partial charge in [-0.2, -0.15) is 4.98 Å². The molecular formula is C16H23FIN5O. The summed E-state index contributed by atoms with van der Waals surface area (Å²) in [7, 11) is 1.69. The summed E-state index contributed by atoms with van der Waals surface area (Å²) in [6, 6.07) is 6.64. The number of hydrogen-bond donors (Lipinski definition) is 2. The second-order valence-electron chi connectivity index (χ2n) is 5.90. The zero-order valence-electron chi connectivity index (χ0n) is 14.3. The third-order valence-corrected chi connectivity index (χ3v) is 3.51. The van der Waals surface area contributed by atoms with Crippen molar-refractivity contribution in [1.82, 2.24) is 20.8 Å². The van der Waals surface area contributed by atoms with E-state index in [4.69, 9.17) is 4.52 Å². The van der Waals surface area contributed by atoms with Crippen LogP contribution in [0.25, 0.3) is 0 Å². The van der Waals surface area contributed by atoms with Crippen LogP contribution in [0.3, 0.4) is 0 Å². The van der Waals surface area contributed by atoms with Gasteiger partial charge in [0.2, 0.25) is 5.89 Å². The molecule has 0 aliphatic carbocycles. The first-order valence-corrected chi connectivity index (χ1v) is 7.40. The smallest absolute Gasteiger partial charge is 0.223 e. The second-order valence-corrected chi connectivity index (χ2v) is 5.90. The van der Waals surface area contributed by atoms with E-state index in [0.717, 1.165) is 5.56 Å². The van der Waals surface area contributed by atoms with Crippen LogP contribution in [0.4, 0.5) is 4.39 Å². The van der Waals surface area contributed by atoms with E-state index in [-0.39, 0.29) is 35.2 Å². The molecule has 0 saturated carbocycles. The summed E-state index contributed by atoms with van der Waals surface area (Å²) in [6.45, 7) is 6.85. The number of nitrogens with zero attached hydrogens (tertiary/aromatic N) is 3. The predicted molar refractivity (Wildman–Crippen MR) is 102 cm³/mol. The molecule has 2 N–H and O–H groups in total. The first-order chi connectivity index (χ1) is 10.9. The Balaban J connectivity index is 0.00000288. The Morgan fingerprint density at radius 2 is 2.08 bits per heavy atom. The van der Waals surface area contributed by atoms with E-state index in [2.05, 4.69) is 25.8 Å². The van der Waals surface area contributed by atoms with Crippen LogP contribution >= 0.6 is 24.0 Å². The fraction of sp³-hybridized carbons (Fsp3) is 0.438. The van der Waals surface area contributed by atoms with Crippen molar-refractivity contribution in [1.29, 1.82) is 0 Å². The van der Waals surface area contributed by atoms with Gasteiger partial charge in [-0.25, -0.2) is 4.39 Å². The van der Waals surface area contributed by atoms with Gasteiger partial charge in [-0.3, -0.25) is 4.99 Å². The Morgan fingerprint density at radius 3 is 2.67 bits per heavy atom. The summed E-state index contributed by atoms with van der Waals surface area (Å²) in [5, 5.41) is 10.2. The van der Waals surface area contributed by atoms with Crippen LogP contribution in [0.5, 0.6) is 0 Å². The molecule has 0 fully saturated rings. The molecule has 0 amide bonds. The number of aryl methyl sites for hydroxylation is 1. The molecular weight excluding hydrogens is 424 g/mol. The Labute approximate surface area is 158 Å². The molecule has 2 aromatic rings. The molecule has 0 aliphatic heterocycles. The Morgan fingerprint density at radius 1 is 1.33 bits per heavy atom. The first-order valence-electron chi connectivity index (χ1n) is 7.40. The minimum Gasteiger partial charge on any atom is -0.356 e. The van der Waals surface area contributed by atoms with Gasteiger partial charge in [-0.05, 0) is 17.7 Å². The first kappa shape index (κ1) is 20.3. The summed E-state index contributed by atoms with van der Waals surface area (Å²) in [5.41, 5.74) is 0.678. The van der Waals surface area contributed by atoms with Gasteiger partial charge in [0.25, 0.3) is 0 Å². The van der Waals surface area contributed by atoms with Gasteiger partial charge in [0.15, 0.2) is 11.8 Å². The maximum atomic E-state index is 13.4. The van der Waals surface area contributed by atoms with E-state index in [1.54, 1.807) is 26.1 Å². The third kappa shape index (κ3) is 5.73. The van der Waals surface area contributed by atoms with Gasteiger partial charge < -0.3 is 15.2 Å². The van der Waals surface area contributed by atoms with E-state index < -0.39 is 0 Å².